The van der Waals surface area contributed by atoms with Gasteiger partial charge in [0.2, 0.25) is 0 Å². The summed E-state index contributed by atoms with van der Waals surface area (Å²) >= 11 is 1.72. The summed E-state index contributed by atoms with van der Waals surface area (Å²) in [5, 5.41) is 10.3. The Morgan fingerprint density at radius 3 is 2.79 bits per heavy atom. The number of hydrogen-bond donors (Lipinski definition) is 1. The van der Waals surface area contributed by atoms with E-state index in [0.717, 1.165) is 29.0 Å². The molecule has 0 saturated heterocycles. The first kappa shape index (κ1) is 18.4. The maximum atomic E-state index is 12.9. The molecule has 4 rings (SSSR count). The zero-order chi connectivity index (χ0) is 19.8. The van der Waals surface area contributed by atoms with Crippen LogP contribution < -0.4 is 5.32 Å². The molecule has 6 nitrogen and oxygen atoms in total. The highest BCUT2D eigenvalue weighted by atomic mass is 32.1. The van der Waals surface area contributed by atoms with E-state index >= 15 is 0 Å². The first-order valence-corrected chi connectivity index (χ1v) is 10.2. The summed E-state index contributed by atoms with van der Waals surface area (Å²) in [6, 6.07) is 8.26. The van der Waals surface area contributed by atoms with Crippen molar-refractivity contribution in [2.75, 3.05) is 5.32 Å². The molecular formula is C21H23N5OS. The zero-order valence-electron chi connectivity index (χ0n) is 16.4. The molecule has 0 aliphatic rings. The van der Waals surface area contributed by atoms with E-state index in [9.17, 15) is 4.79 Å². The van der Waals surface area contributed by atoms with Crippen LogP contribution in [0, 0.1) is 13.8 Å². The number of pyridine rings is 1. The van der Waals surface area contributed by atoms with Crippen LogP contribution in [0.4, 0.5) is 5.69 Å². The maximum Gasteiger partial charge on any atom is 0.257 e. The van der Waals surface area contributed by atoms with Gasteiger partial charge in [-0.05, 0) is 51.3 Å². The smallest absolute Gasteiger partial charge is 0.257 e. The largest absolute Gasteiger partial charge is 0.343 e. The van der Waals surface area contributed by atoms with Crippen LogP contribution in [0.1, 0.15) is 46.5 Å². The van der Waals surface area contributed by atoms with E-state index in [1.807, 2.05) is 36.7 Å². The van der Waals surface area contributed by atoms with Crippen molar-refractivity contribution in [2.24, 2.45) is 0 Å². The number of carbonyl (C=O) groups excluding carboxylic acids is 1. The molecule has 0 fully saturated rings. The Morgan fingerprint density at radius 1 is 1.25 bits per heavy atom. The normalized spacial score (nSPS) is 11.5. The maximum absolute atomic E-state index is 12.9. The molecule has 0 spiro atoms. The molecule has 7 heteroatoms. The van der Waals surface area contributed by atoms with Gasteiger partial charge in [-0.3, -0.25) is 4.79 Å². The predicted molar refractivity (Wildman–Crippen MR) is 113 cm³/mol. The van der Waals surface area contributed by atoms with Gasteiger partial charge < -0.3 is 9.88 Å². The van der Waals surface area contributed by atoms with Crippen molar-refractivity contribution >= 4 is 34.0 Å². The highest BCUT2D eigenvalue weighted by Gasteiger charge is 2.17. The molecule has 0 atom stereocenters. The SMILES string of the molecule is Cc1cc(C(=O)Nc2cnc3c(cnn3C(C)C)c2)c(C)n1Cc1cccs1. The number of aryl methyl sites for hydroxylation is 1. The summed E-state index contributed by atoms with van der Waals surface area (Å²) in [6.07, 6.45) is 3.47. The topological polar surface area (TPSA) is 64.7 Å². The van der Waals surface area contributed by atoms with E-state index in [-0.39, 0.29) is 11.9 Å². The van der Waals surface area contributed by atoms with Crippen LogP contribution in [0.25, 0.3) is 11.0 Å². The quantitative estimate of drug-likeness (QED) is 0.530. The highest BCUT2D eigenvalue weighted by molar-refractivity contribution is 7.09. The van der Waals surface area contributed by atoms with E-state index in [4.69, 9.17) is 0 Å². The van der Waals surface area contributed by atoms with Gasteiger partial charge in [0.05, 0.1) is 30.2 Å². The minimum absolute atomic E-state index is 0.122. The lowest BCUT2D eigenvalue weighted by molar-refractivity contribution is 0.102. The second kappa shape index (κ2) is 7.24. The van der Waals surface area contributed by atoms with Crippen LogP contribution >= 0.6 is 11.3 Å². The number of rotatable bonds is 5. The van der Waals surface area contributed by atoms with E-state index in [0.29, 0.717) is 11.3 Å². The summed E-state index contributed by atoms with van der Waals surface area (Å²) in [5.41, 5.74) is 4.21. The monoisotopic (exact) mass is 393 g/mol. The molecule has 0 aromatic carbocycles. The standard InChI is InChI=1S/C21H23N5OS/c1-13(2)26-20-16(10-23-26)9-17(11-22-20)24-21(27)19-8-14(3)25(15(19)4)12-18-6-5-7-28-18/h5-11,13H,12H2,1-4H3,(H,24,27). The fourth-order valence-electron chi connectivity index (χ4n) is 3.42. The molecule has 28 heavy (non-hydrogen) atoms. The predicted octanol–water partition coefficient (Wildman–Crippen LogP) is 4.79. The highest BCUT2D eigenvalue weighted by Crippen LogP contribution is 2.22. The van der Waals surface area contributed by atoms with Crippen molar-refractivity contribution in [1.82, 2.24) is 19.3 Å². The van der Waals surface area contributed by atoms with Crippen LogP contribution in [-0.4, -0.2) is 25.2 Å². The first-order chi connectivity index (χ1) is 13.4. The van der Waals surface area contributed by atoms with Crippen LogP contribution in [-0.2, 0) is 6.54 Å². The lowest BCUT2D eigenvalue weighted by atomic mass is 10.2. The first-order valence-electron chi connectivity index (χ1n) is 9.27. The van der Waals surface area contributed by atoms with E-state index < -0.39 is 0 Å². The van der Waals surface area contributed by atoms with Gasteiger partial charge in [0, 0.05) is 27.7 Å². The molecule has 0 aliphatic carbocycles. The van der Waals surface area contributed by atoms with Gasteiger partial charge in [-0.2, -0.15) is 5.10 Å². The third-order valence-corrected chi connectivity index (χ3v) is 5.75. The summed E-state index contributed by atoms with van der Waals surface area (Å²) in [6.45, 7) is 8.94. The number of amides is 1. The third kappa shape index (κ3) is 3.33. The average molecular weight is 394 g/mol. The Morgan fingerprint density at radius 2 is 2.07 bits per heavy atom. The number of aromatic nitrogens is 4. The second-order valence-corrected chi connectivity index (χ2v) is 8.26. The van der Waals surface area contributed by atoms with Crippen LogP contribution in [0.5, 0.6) is 0 Å². The van der Waals surface area contributed by atoms with E-state index in [1.165, 1.54) is 4.88 Å². The molecule has 0 aliphatic heterocycles. The molecule has 0 radical (unpaired) electrons. The van der Waals surface area contributed by atoms with Crippen molar-refractivity contribution in [3.63, 3.8) is 0 Å². The summed E-state index contributed by atoms with van der Waals surface area (Å²) in [7, 11) is 0. The fraction of sp³-hybridized carbons (Fsp3) is 0.286. The fourth-order valence-corrected chi connectivity index (χ4v) is 4.11. The van der Waals surface area contributed by atoms with Crippen molar-refractivity contribution in [3.05, 3.63) is 63.9 Å². The van der Waals surface area contributed by atoms with Gasteiger partial charge >= 0.3 is 0 Å². The number of nitrogens with one attached hydrogen (secondary N) is 1. The Balaban J connectivity index is 1.58. The molecule has 4 aromatic heterocycles. The molecule has 144 valence electrons. The number of anilines is 1. The number of nitrogens with zero attached hydrogens (tertiary/aromatic N) is 4. The van der Waals surface area contributed by atoms with Crippen molar-refractivity contribution in [2.45, 2.75) is 40.3 Å². The van der Waals surface area contributed by atoms with Gasteiger partial charge in [0.15, 0.2) is 5.65 Å². The second-order valence-electron chi connectivity index (χ2n) is 7.22. The number of fused-ring (bicyclic) bond motifs is 1. The van der Waals surface area contributed by atoms with E-state index in [1.54, 1.807) is 23.7 Å². The molecule has 0 bridgehead atoms. The number of carbonyl (C=O) groups is 1. The Kier molecular flexibility index (Phi) is 4.77. The summed E-state index contributed by atoms with van der Waals surface area (Å²) in [5.74, 6) is -0.122. The Bertz CT molecular complexity index is 1140. The third-order valence-electron chi connectivity index (χ3n) is 4.89. The minimum atomic E-state index is -0.122. The Labute approximate surface area is 167 Å². The average Bonchev–Trinajstić information content (AvgIpc) is 3.37. The van der Waals surface area contributed by atoms with Crippen LogP contribution in [0.3, 0.4) is 0 Å². The van der Waals surface area contributed by atoms with Gasteiger partial charge in [-0.1, -0.05) is 6.07 Å². The van der Waals surface area contributed by atoms with E-state index in [2.05, 4.69) is 45.3 Å². The van der Waals surface area contributed by atoms with Crippen LogP contribution in [0.2, 0.25) is 0 Å². The number of thiophene rings is 1. The molecule has 0 saturated carbocycles. The van der Waals surface area contributed by atoms with Gasteiger partial charge in [0.25, 0.3) is 5.91 Å². The molecule has 1 amide bonds. The lowest BCUT2D eigenvalue weighted by Gasteiger charge is -2.09. The summed E-state index contributed by atoms with van der Waals surface area (Å²) < 4.78 is 4.05. The Hall–Kier alpha value is -2.93. The number of hydrogen-bond acceptors (Lipinski definition) is 4. The van der Waals surface area contributed by atoms with Crippen molar-refractivity contribution in [3.8, 4) is 0 Å². The van der Waals surface area contributed by atoms with Crippen LogP contribution in [0.15, 0.2) is 42.0 Å². The molecule has 4 aromatic rings. The molecule has 0 unspecified atom stereocenters. The molecule has 4 heterocycles. The molecular weight excluding hydrogens is 370 g/mol. The minimum Gasteiger partial charge on any atom is -0.343 e. The van der Waals surface area contributed by atoms with Gasteiger partial charge in [-0.25, -0.2) is 9.67 Å². The summed E-state index contributed by atoms with van der Waals surface area (Å²) in [4.78, 5) is 18.6. The van der Waals surface area contributed by atoms with Gasteiger partial charge in [0.1, 0.15) is 0 Å². The van der Waals surface area contributed by atoms with Crippen molar-refractivity contribution < 1.29 is 4.79 Å². The van der Waals surface area contributed by atoms with Crippen molar-refractivity contribution in [1.29, 1.82) is 0 Å². The zero-order valence-corrected chi connectivity index (χ0v) is 17.2. The lowest BCUT2D eigenvalue weighted by Crippen LogP contribution is -2.13. The molecule has 1 N–H and O–H groups in total. The van der Waals surface area contributed by atoms with Gasteiger partial charge in [-0.15, -0.1) is 11.3 Å².